The zero-order valence-corrected chi connectivity index (χ0v) is 14.1. The van der Waals surface area contributed by atoms with Gasteiger partial charge >= 0.3 is 0 Å². The molecule has 1 unspecified atom stereocenters. The smallest absolute Gasteiger partial charge is 0.251 e. The van der Waals surface area contributed by atoms with E-state index in [0.29, 0.717) is 29.9 Å². The molecule has 0 saturated heterocycles. The number of aromatic nitrogens is 3. The zero-order chi connectivity index (χ0) is 17.6. The number of oxazole rings is 1. The van der Waals surface area contributed by atoms with Crippen LogP contribution < -0.4 is 5.32 Å². The first kappa shape index (κ1) is 15.8. The van der Waals surface area contributed by atoms with Gasteiger partial charge < -0.3 is 14.8 Å². The maximum Gasteiger partial charge on any atom is 0.251 e. The summed E-state index contributed by atoms with van der Waals surface area (Å²) in [6.07, 6.45) is 4.74. The molecule has 0 aliphatic heterocycles. The topological polar surface area (TPSA) is 93.2 Å². The van der Waals surface area contributed by atoms with Crippen molar-refractivity contribution in [3.05, 3.63) is 47.6 Å². The molecule has 1 aliphatic rings. The van der Waals surface area contributed by atoms with Gasteiger partial charge in [-0.2, -0.15) is 5.10 Å². The number of amides is 1. The lowest BCUT2D eigenvalue weighted by Crippen LogP contribution is -2.41. The molecule has 25 heavy (non-hydrogen) atoms. The maximum atomic E-state index is 12.7. The summed E-state index contributed by atoms with van der Waals surface area (Å²) in [7, 11) is 1.85. The largest absolute Gasteiger partial charge is 0.441 e. The second-order valence-corrected chi connectivity index (χ2v) is 6.70. The highest BCUT2D eigenvalue weighted by Crippen LogP contribution is 2.38. The van der Waals surface area contributed by atoms with Crippen LogP contribution in [0.3, 0.4) is 0 Å². The van der Waals surface area contributed by atoms with Gasteiger partial charge in [-0.1, -0.05) is 0 Å². The van der Waals surface area contributed by atoms with Crippen LogP contribution in [-0.4, -0.2) is 31.9 Å². The molecule has 1 saturated carbocycles. The summed E-state index contributed by atoms with van der Waals surface area (Å²) >= 11 is 0. The SMILES string of the molecule is Cc1nc2ccc(C(=O)NC(c3cnn(C)c3)C3CC(O)C3)cc2o1. The first-order valence-electron chi connectivity index (χ1n) is 8.34. The Hall–Kier alpha value is -2.67. The molecule has 7 nitrogen and oxygen atoms in total. The van der Waals surface area contributed by atoms with Crippen molar-refractivity contribution in [3.8, 4) is 0 Å². The van der Waals surface area contributed by atoms with Crippen LogP contribution in [0.5, 0.6) is 0 Å². The van der Waals surface area contributed by atoms with Gasteiger partial charge in [0.2, 0.25) is 0 Å². The Balaban J connectivity index is 1.58. The van der Waals surface area contributed by atoms with Crippen LogP contribution in [-0.2, 0) is 7.05 Å². The van der Waals surface area contributed by atoms with Crippen molar-refractivity contribution in [2.75, 3.05) is 0 Å². The lowest BCUT2D eigenvalue weighted by Gasteiger charge is -2.37. The average molecular weight is 340 g/mol. The van der Waals surface area contributed by atoms with Gasteiger partial charge in [0.15, 0.2) is 11.5 Å². The Labute approximate surface area is 144 Å². The number of aryl methyl sites for hydroxylation is 2. The molecule has 7 heteroatoms. The van der Waals surface area contributed by atoms with Crippen molar-refractivity contribution in [1.82, 2.24) is 20.1 Å². The second kappa shape index (κ2) is 6.00. The predicted octanol–water partition coefficient (Wildman–Crippen LogP) is 2.11. The highest BCUT2D eigenvalue weighted by Gasteiger charge is 2.36. The summed E-state index contributed by atoms with van der Waals surface area (Å²) < 4.78 is 7.22. The minimum Gasteiger partial charge on any atom is -0.441 e. The molecule has 1 aliphatic carbocycles. The number of hydrogen-bond acceptors (Lipinski definition) is 5. The number of nitrogens with one attached hydrogen (secondary N) is 1. The number of carbonyl (C=O) groups is 1. The third-order valence-corrected chi connectivity index (χ3v) is 4.75. The van der Waals surface area contributed by atoms with Crippen LogP contribution in [0.25, 0.3) is 11.1 Å². The zero-order valence-electron chi connectivity index (χ0n) is 14.1. The molecule has 1 aromatic carbocycles. The van der Waals surface area contributed by atoms with Crippen molar-refractivity contribution in [1.29, 1.82) is 0 Å². The normalized spacial score (nSPS) is 21.1. The number of aliphatic hydroxyl groups is 1. The van der Waals surface area contributed by atoms with Crippen LogP contribution in [0.4, 0.5) is 0 Å². The van der Waals surface area contributed by atoms with Gasteiger partial charge in [0.25, 0.3) is 5.91 Å². The number of benzene rings is 1. The van der Waals surface area contributed by atoms with Crippen molar-refractivity contribution in [2.24, 2.45) is 13.0 Å². The summed E-state index contributed by atoms with van der Waals surface area (Å²) in [5, 5.41) is 16.9. The molecule has 0 radical (unpaired) electrons. The van der Waals surface area contributed by atoms with E-state index < -0.39 is 0 Å². The van der Waals surface area contributed by atoms with Gasteiger partial charge in [-0.25, -0.2) is 4.98 Å². The number of carbonyl (C=O) groups excluding carboxylic acids is 1. The van der Waals surface area contributed by atoms with Gasteiger partial charge in [0, 0.05) is 31.3 Å². The molecular formula is C18H20N4O3. The number of hydrogen-bond donors (Lipinski definition) is 2. The van der Waals surface area contributed by atoms with Crippen molar-refractivity contribution in [3.63, 3.8) is 0 Å². The fourth-order valence-electron chi connectivity index (χ4n) is 3.38. The van der Waals surface area contributed by atoms with E-state index in [1.54, 1.807) is 36.0 Å². The van der Waals surface area contributed by atoms with Crippen molar-refractivity contribution in [2.45, 2.75) is 31.9 Å². The van der Waals surface area contributed by atoms with Crippen LogP contribution >= 0.6 is 0 Å². The number of rotatable bonds is 4. The Bertz CT molecular complexity index is 923. The van der Waals surface area contributed by atoms with Crippen LogP contribution in [0.15, 0.2) is 35.0 Å². The van der Waals surface area contributed by atoms with E-state index in [1.165, 1.54) is 0 Å². The van der Waals surface area contributed by atoms with Crippen molar-refractivity contribution < 1.29 is 14.3 Å². The molecule has 130 valence electrons. The number of fused-ring (bicyclic) bond motifs is 1. The fraction of sp³-hybridized carbons (Fsp3) is 0.389. The molecule has 4 rings (SSSR count). The first-order valence-corrected chi connectivity index (χ1v) is 8.34. The molecule has 1 fully saturated rings. The molecule has 3 aromatic rings. The molecule has 2 aromatic heterocycles. The fourth-order valence-corrected chi connectivity index (χ4v) is 3.38. The standard InChI is InChI=1S/C18H20N4O3/c1-10-20-15-4-3-11(7-16(15)25-10)18(24)21-17(12-5-14(23)6-12)13-8-19-22(2)9-13/h3-4,7-9,12,14,17,23H,5-6H2,1-2H3,(H,21,24). The molecule has 0 bridgehead atoms. The highest BCUT2D eigenvalue weighted by molar-refractivity contribution is 5.97. The second-order valence-electron chi connectivity index (χ2n) is 6.70. The number of nitrogens with zero attached hydrogens (tertiary/aromatic N) is 3. The predicted molar refractivity (Wildman–Crippen MR) is 90.9 cm³/mol. The van der Waals surface area contributed by atoms with E-state index in [-0.39, 0.29) is 24.0 Å². The minimum absolute atomic E-state index is 0.170. The molecule has 2 N–H and O–H groups in total. The van der Waals surface area contributed by atoms with Gasteiger partial charge in [0.05, 0.1) is 18.3 Å². The summed E-state index contributed by atoms with van der Waals surface area (Å²) in [5.74, 6) is 0.606. The van der Waals surface area contributed by atoms with E-state index in [2.05, 4.69) is 15.4 Å². The molecule has 0 spiro atoms. The van der Waals surface area contributed by atoms with E-state index in [0.717, 1.165) is 11.1 Å². The molecule has 2 heterocycles. The van der Waals surface area contributed by atoms with E-state index >= 15 is 0 Å². The van der Waals surface area contributed by atoms with Gasteiger partial charge in [-0.15, -0.1) is 0 Å². The minimum atomic E-state index is -0.283. The van der Waals surface area contributed by atoms with Crippen LogP contribution in [0.2, 0.25) is 0 Å². The summed E-state index contributed by atoms with van der Waals surface area (Å²) in [6, 6.07) is 5.07. The molecular weight excluding hydrogens is 320 g/mol. The molecule has 1 atom stereocenters. The van der Waals surface area contributed by atoms with Crippen LogP contribution in [0.1, 0.15) is 40.7 Å². The highest BCUT2D eigenvalue weighted by atomic mass is 16.3. The summed E-state index contributed by atoms with van der Waals surface area (Å²) in [4.78, 5) is 17.0. The van der Waals surface area contributed by atoms with Crippen molar-refractivity contribution >= 4 is 17.0 Å². The van der Waals surface area contributed by atoms with E-state index in [4.69, 9.17) is 4.42 Å². The van der Waals surface area contributed by atoms with Gasteiger partial charge in [-0.3, -0.25) is 9.48 Å². The Morgan fingerprint density at radius 3 is 2.92 bits per heavy atom. The van der Waals surface area contributed by atoms with E-state index in [9.17, 15) is 9.90 Å². The van der Waals surface area contributed by atoms with Gasteiger partial charge in [-0.05, 0) is 37.0 Å². The Morgan fingerprint density at radius 1 is 1.44 bits per heavy atom. The Morgan fingerprint density at radius 2 is 2.24 bits per heavy atom. The lowest BCUT2D eigenvalue weighted by atomic mass is 9.75. The maximum absolute atomic E-state index is 12.7. The third-order valence-electron chi connectivity index (χ3n) is 4.75. The Kier molecular flexibility index (Phi) is 3.80. The lowest BCUT2D eigenvalue weighted by molar-refractivity contribution is 0.0235. The average Bonchev–Trinajstić information content (AvgIpc) is 3.13. The van der Waals surface area contributed by atoms with Gasteiger partial charge in [0.1, 0.15) is 5.52 Å². The summed E-state index contributed by atoms with van der Waals surface area (Å²) in [5.41, 5.74) is 2.81. The van der Waals surface area contributed by atoms with Crippen LogP contribution in [0, 0.1) is 12.8 Å². The monoisotopic (exact) mass is 340 g/mol. The van der Waals surface area contributed by atoms with E-state index in [1.807, 2.05) is 13.2 Å². The third kappa shape index (κ3) is 3.02. The molecule has 1 amide bonds. The summed E-state index contributed by atoms with van der Waals surface area (Å²) in [6.45, 7) is 1.78. The first-order chi connectivity index (χ1) is 12.0. The quantitative estimate of drug-likeness (QED) is 0.759. The number of aliphatic hydroxyl groups excluding tert-OH is 1.